The predicted molar refractivity (Wildman–Crippen MR) is 53.0 cm³/mol. The van der Waals surface area contributed by atoms with Gasteiger partial charge in [-0.25, -0.2) is 4.98 Å². The standard InChI is InChI=1S/C9H12BrNO/c1-7-5-9(12-2)11-6-8(7)3-4-10/h5-6H,3-4H2,1-2H3. The average Bonchev–Trinajstić information content (AvgIpc) is 2.09. The lowest BCUT2D eigenvalue weighted by molar-refractivity contribution is 0.397. The third-order valence-corrected chi connectivity index (χ3v) is 2.16. The summed E-state index contributed by atoms with van der Waals surface area (Å²) in [6.07, 6.45) is 2.89. The van der Waals surface area contributed by atoms with Gasteiger partial charge in [-0.1, -0.05) is 15.9 Å². The first-order chi connectivity index (χ1) is 5.77. The Balaban J connectivity index is 2.87. The second kappa shape index (κ2) is 4.45. The molecule has 66 valence electrons. The highest BCUT2D eigenvalue weighted by molar-refractivity contribution is 9.09. The Morgan fingerprint density at radius 1 is 1.58 bits per heavy atom. The predicted octanol–water partition coefficient (Wildman–Crippen LogP) is 2.34. The first-order valence-electron chi connectivity index (χ1n) is 3.83. The maximum atomic E-state index is 5.01. The maximum Gasteiger partial charge on any atom is 0.213 e. The molecule has 0 aliphatic heterocycles. The fourth-order valence-corrected chi connectivity index (χ4v) is 1.46. The Morgan fingerprint density at radius 2 is 2.33 bits per heavy atom. The third kappa shape index (κ3) is 2.21. The van der Waals surface area contributed by atoms with Crippen molar-refractivity contribution in [3.8, 4) is 5.88 Å². The minimum atomic E-state index is 0.686. The molecule has 0 radical (unpaired) electrons. The maximum absolute atomic E-state index is 5.01. The summed E-state index contributed by atoms with van der Waals surface area (Å²) in [5.41, 5.74) is 2.51. The molecule has 0 fully saturated rings. The van der Waals surface area contributed by atoms with Crippen LogP contribution in [0.4, 0.5) is 0 Å². The molecule has 1 heterocycles. The van der Waals surface area contributed by atoms with Gasteiger partial charge in [0.2, 0.25) is 5.88 Å². The fraction of sp³-hybridized carbons (Fsp3) is 0.444. The van der Waals surface area contributed by atoms with E-state index >= 15 is 0 Å². The zero-order valence-corrected chi connectivity index (χ0v) is 8.89. The van der Waals surface area contributed by atoms with Crippen molar-refractivity contribution in [3.05, 3.63) is 23.4 Å². The smallest absolute Gasteiger partial charge is 0.213 e. The van der Waals surface area contributed by atoms with Crippen molar-refractivity contribution < 1.29 is 4.74 Å². The number of rotatable bonds is 3. The monoisotopic (exact) mass is 229 g/mol. The quantitative estimate of drug-likeness (QED) is 0.743. The van der Waals surface area contributed by atoms with E-state index in [1.807, 2.05) is 12.3 Å². The SMILES string of the molecule is COc1cc(C)c(CCBr)cn1. The van der Waals surface area contributed by atoms with E-state index < -0.39 is 0 Å². The van der Waals surface area contributed by atoms with Crippen molar-refractivity contribution in [2.24, 2.45) is 0 Å². The summed E-state index contributed by atoms with van der Waals surface area (Å²) in [5.74, 6) is 0.686. The van der Waals surface area contributed by atoms with E-state index in [9.17, 15) is 0 Å². The summed E-state index contributed by atoms with van der Waals surface area (Å²) in [4.78, 5) is 4.13. The second-order valence-corrected chi connectivity index (χ2v) is 3.39. The van der Waals surface area contributed by atoms with Crippen LogP contribution in [0.3, 0.4) is 0 Å². The molecule has 3 heteroatoms. The molecule has 1 aromatic heterocycles. The third-order valence-electron chi connectivity index (χ3n) is 1.77. The summed E-state index contributed by atoms with van der Waals surface area (Å²) in [6.45, 7) is 2.07. The Kier molecular flexibility index (Phi) is 3.53. The molecular weight excluding hydrogens is 218 g/mol. The molecule has 0 spiro atoms. The van der Waals surface area contributed by atoms with Crippen LogP contribution in [0.5, 0.6) is 5.88 Å². The zero-order chi connectivity index (χ0) is 8.97. The highest BCUT2D eigenvalue weighted by atomic mass is 79.9. The van der Waals surface area contributed by atoms with Crippen LogP contribution >= 0.6 is 15.9 Å². The van der Waals surface area contributed by atoms with E-state index in [0.717, 1.165) is 11.8 Å². The van der Waals surface area contributed by atoms with E-state index in [0.29, 0.717) is 5.88 Å². The van der Waals surface area contributed by atoms with Crippen molar-refractivity contribution in [2.45, 2.75) is 13.3 Å². The molecule has 0 aliphatic rings. The molecule has 0 aliphatic carbocycles. The molecule has 1 rings (SSSR count). The van der Waals surface area contributed by atoms with Gasteiger partial charge in [0.05, 0.1) is 7.11 Å². The van der Waals surface area contributed by atoms with Gasteiger partial charge in [0.15, 0.2) is 0 Å². The summed E-state index contributed by atoms with van der Waals surface area (Å²) in [6, 6.07) is 1.96. The average molecular weight is 230 g/mol. The largest absolute Gasteiger partial charge is 0.481 e. The van der Waals surface area contributed by atoms with Crippen molar-refractivity contribution in [1.29, 1.82) is 0 Å². The molecule has 1 aromatic rings. The van der Waals surface area contributed by atoms with E-state index in [4.69, 9.17) is 4.74 Å². The molecule has 0 bridgehead atoms. The van der Waals surface area contributed by atoms with Gasteiger partial charge in [-0.15, -0.1) is 0 Å². The number of alkyl halides is 1. The van der Waals surface area contributed by atoms with Gasteiger partial charge >= 0.3 is 0 Å². The van der Waals surface area contributed by atoms with Gasteiger partial charge < -0.3 is 4.74 Å². The van der Waals surface area contributed by atoms with Crippen LogP contribution in [-0.2, 0) is 6.42 Å². The highest BCUT2D eigenvalue weighted by Crippen LogP contribution is 2.14. The lowest BCUT2D eigenvalue weighted by Gasteiger charge is -2.04. The Morgan fingerprint density at radius 3 is 2.83 bits per heavy atom. The summed E-state index contributed by atoms with van der Waals surface area (Å²) in [5, 5.41) is 0.974. The molecule has 0 unspecified atom stereocenters. The Hall–Kier alpha value is -0.570. The van der Waals surface area contributed by atoms with Crippen LogP contribution < -0.4 is 4.74 Å². The van der Waals surface area contributed by atoms with Gasteiger partial charge in [0.25, 0.3) is 0 Å². The number of hydrogen-bond acceptors (Lipinski definition) is 2. The summed E-state index contributed by atoms with van der Waals surface area (Å²) >= 11 is 3.40. The van der Waals surface area contributed by atoms with E-state index in [1.54, 1.807) is 7.11 Å². The first kappa shape index (κ1) is 9.52. The van der Waals surface area contributed by atoms with Crippen LogP contribution in [-0.4, -0.2) is 17.4 Å². The topological polar surface area (TPSA) is 22.1 Å². The van der Waals surface area contributed by atoms with Crippen LogP contribution in [0.25, 0.3) is 0 Å². The van der Waals surface area contributed by atoms with E-state index in [-0.39, 0.29) is 0 Å². The number of nitrogens with zero attached hydrogens (tertiary/aromatic N) is 1. The molecule has 12 heavy (non-hydrogen) atoms. The second-order valence-electron chi connectivity index (χ2n) is 2.59. The number of ether oxygens (including phenoxy) is 1. The minimum Gasteiger partial charge on any atom is -0.481 e. The number of methoxy groups -OCH3 is 1. The molecule has 0 atom stereocenters. The van der Waals surface area contributed by atoms with Gasteiger partial charge in [0, 0.05) is 17.6 Å². The van der Waals surface area contributed by atoms with Gasteiger partial charge in [-0.2, -0.15) is 0 Å². The number of hydrogen-bond donors (Lipinski definition) is 0. The lowest BCUT2D eigenvalue weighted by Crippen LogP contribution is -1.94. The molecule has 2 nitrogen and oxygen atoms in total. The summed E-state index contributed by atoms with van der Waals surface area (Å²) < 4.78 is 5.01. The number of pyridine rings is 1. The van der Waals surface area contributed by atoms with E-state index in [2.05, 4.69) is 27.8 Å². The lowest BCUT2D eigenvalue weighted by atomic mass is 10.1. The minimum absolute atomic E-state index is 0.686. The number of aromatic nitrogens is 1. The van der Waals surface area contributed by atoms with Crippen molar-refractivity contribution in [3.63, 3.8) is 0 Å². The Bertz CT molecular complexity index is 263. The summed E-state index contributed by atoms with van der Waals surface area (Å²) in [7, 11) is 1.63. The molecule has 0 saturated heterocycles. The van der Waals surface area contributed by atoms with Crippen molar-refractivity contribution in [2.75, 3.05) is 12.4 Å². The van der Waals surface area contributed by atoms with Gasteiger partial charge in [-0.3, -0.25) is 0 Å². The van der Waals surface area contributed by atoms with Crippen LogP contribution in [0.15, 0.2) is 12.3 Å². The van der Waals surface area contributed by atoms with E-state index in [1.165, 1.54) is 11.1 Å². The van der Waals surface area contributed by atoms with Gasteiger partial charge in [0.1, 0.15) is 0 Å². The zero-order valence-electron chi connectivity index (χ0n) is 7.30. The normalized spacial score (nSPS) is 9.92. The molecule has 0 saturated carbocycles. The van der Waals surface area contributed by atoms with Crippen LogP contribution in [0.2, 0.25) is 0 Å². The number of halogens is 1. The Labute approximate surface area is 81.1 Å². The van der Waals surface area contributed by atoms with Crippen molar-refractivity contribution in [1.82, 2.24) is 4.98 Å². The number of aryl methyl sites for hydroxylation is 2. The van der Waals surface area contributed by atoms with Gasteiger partial charge in [-0.05, 0) is 24.5 Å². The first-order valence-corrected chi connectivity index (χ1v) is 4.95. The molecular formula is C9H12BrNO. The van der Waals surface area contributed by atoms with Crippen molar-refractivity contribution >= 4 is 15.9 Å². The highest BCUT2D eigenvalue weighted by Gasteiger charge is 1.99. The fourth-order valence-electron chi connectivity index (χ4n) is 1.03. The van der Waals surface area contributed by atoms with Crippen LogP contribution in [0.1, 0.15) is 11.1 Å². The molecule has 0 N–H and O–H groups in total. The molecule has 0 aromatic carbocycles. The molecule has 0 amide bonds. The van der Waals surface area contributed by atoms with Crippen LogP contribution in [0, 0.1) is 6.92 Å².